The van der Waals surface area contributed by atoms with Crippen molar-refractivity contribution in [1.29, 1.82) is 0 Å². The van der Waals surface area contributed by atoms with E-state index >= 15 is 0 Å². The average molecular weight is 442 g/mol. The first-order valence-electron chi connectivity index (χ1n) is 11.3. The molecule has 1 aliphatic carbocycles. The summed E-state index contributed by atoms with van der Waals surface area (Å²) in [6.07, 6.45) is 7.43. The lowest BCUT2D eigenvalue weighted by Gasteiger charge is -2.24. The summed E-state index contributed by atoms with van der Waals surface area (Å²) in [5.41, 5.74) is 6.15. The Morgan fingerprint density at radius 3 is 2.88 bits per heavy atom. The molecule has 6 rings (SSSR count). The maximum Gasteiger partial charge on any atom is 0.228 e. The van der Waals surface area contributed by atoms with Gasteiger partial charge in [0.15, 0.2) is 11.5 Å². The molecule has 0 bridgehead atoms. The van der Waals surface area contributed by atoms with E-state index in [1.165, 1.54) is 34.4 Å². The van der Waals surface area contributed by atoms with Crippen molar-refractivity contribution in [3.8, 4) is 11.4 Å². The van der Waals surface area contributed by atoms with Crippen LogP contribution in [-0.4, -0.2) is 35.6 Å². The van der Waals surface area contributed by atoms with E-state index in [0.717, 1.165) is 30.5 Å². The van der Waals surface area contributed by atoms with Gasteiger partial charge in [-0.3, -0.25) is 4.98 Å². The topological polar surface area (TPSA) is 83.8 Å². The highest BCUT2D eigenvalue weighted by Crippen LogP contribution is 2.31. The maximum atomic E-state index is 13.9. The van der Waals surface area contributed by atoms with Crippen LogP contribution in [0.3, 0.4) is 0 Å². The molecule has 4 aromatic heterocycles. The van der Waals surface area contributed by atoms with Gasteiger partial charge in [0.05, 0.1) is 12.4 Å². The Hall–Kier alpha value is -3.81. The van der Waals surface area contributed by atoms with Gasteiger partial charge in [0, 0.05) is 40.0 Å². The summed E-state index contributed by atoms with van der Waals surface area (Å²) in [6, 6.07) is 10.0. The molecule has 1 aromatic carbocycles. The van der Waals surface area contributed by atoms with E-state index in [2.05, 4.69) is 58.5 Å². The molecule has 8 heteroatoms. The molecule has 1 unspecified atom stereocenters. The van der Waals surface area contributed by atoms with Crippen LogP contribution >= 0.6 is 0 Å². The number of pyridine rings is 1. The van der Waals surface area contributed by atoms with Crippen molar-refractivity contribution < 1.29 is 4.39 Å². The third kappa shape index (κ3) is 3.42. The zero-order valence-corrected chi connectivity index (χ0v) is 18.5. The molecular weight excluding hydrogens is 417 g/mol. The Kier molecular flexibility index (Phi) is 4.60. The molecule has 1 atom stereocenters. The van der Waals surface area contributed by atoms with Gasteiger partial charge in [0.25, 0.3) is 0 Å². The molecule has 4 heterocycles. The number of para-hydroxylation sites is 1. The van der Waals surface area contributed by atoms with Gasteiger partial charge in [-0.25, -0.2) is 9.37 Å². The van der Waals surface area contributed by atoms with E-state index in [4.69, 9.17) is 9.97 Å². The van der Waals surface area contributed by atoms with Gasteiger partial charge in [-0.1, -0.05) is 32.0 Å². The minimum atomic E-state index is -0.415. The monoisotopic (exact) mass is 441 g/mol. The first-order chi connectivity index (χ1) is 16.1. The summed E-state index contributed by atoms with van der Waals surface area (Å²) in [5, 5.41) is 9.47. The number of rotatable bonds is 4. The molecule has 2 N–H and O–H groups in total. The lowest BCUT2D eigenvalue weighted by atomic mass is 9.91. The van der Waals surface area contributed by atoms with Crippen molar-refractivity contribution >= 4 is 22.5 Å². The number of nitrogens with one attached hydrogen (secondary N) is 2. The molecule has 7 nitrogen and oxygen atoms in total. The molecule has 33 heavy (non-hydrogen) atoms. The largest absolute Gasteiger partial charge is 0.358 e. The molecule has 0 saturated carbocycles. The number of nitrogens with zero attached hydrogens (tertiary/aromatic N) is 5. The second kappa shape index (κ2) is 7.65. The van der Waals surface area contributed by atoms with Gasteiger partial charge >= 0.3 is 0 Å². The number of aromatic nitrogens is 6. The van der Waals surface area contributed by atoms with E-state index in [1.807, 2.05) is 6.20 Å². The summed E-state index contributed by atoms with van der Waals surface area (Å²) >= 11 is 0. The van der Waals surface area contributed by atoms with Gasteiger partial charge in [-0.05, 0) is 42.9 Å². The molecule has 0 spiro atoms. The predicted molar refractivity (Wildman–Crippen MR) is 126 cm³/mol. The van der Waals surface area contributed by atoms with Crippen LogP contribution in [0.15, 0.2) is 48.9 Å². The van der Waals surface area contributed by atoms with Gasteiger partial charge in [0.1, 0.15) is 5.82 Å². The number of hydrogen-bond donors (Lipinski definition) is 2. The fourth-order valence-corrected chi connectivity index (χ4v) is 4.73. The third-order valence-corrected chi connectivity index (χ3v) is 6.41. The van der Waals surface area contributed by atoms with Crippen LogP contribution in [0.25, 0.3) is 27.9 Å². The van der Waals surface area contributed by atoms with Crippen molar-refractivity contribution in [2.45, 2.75) is 45.1 Å². The number of hydrogen-bond acceptors (Lipinski definition) is 5. The van der Waals surface area contributed by atoms with Crippen molar-refractivity contribution in [2.24, 2.45) is 0 Å². The number of fused-ring (bicyclic) bond motifs is 4. The van der Waals surface area contributed by atoms with Crippen molar-refractivity contribution in [2.75, 3.05) is 5.32 Å². The lowest BCUT2D eigenvalue weighted by Crippen LogP contribution is -2.29. The molecule has 0 amide bonds. The molecule has 0 fully saturated rings. The van der Waals surface area contributed by atoms with E-state index in [9.17, 15) is 4.39 Å². The molecule has 0 saturated heterocycles. The standard InChI is InChI=1S/C25H24FN7/c1-14(2)20-13-28-33-24(20)31-23(15-9-16(26)12-27-11-15)32-25(33)29-17-7-8-22-19(10-17)18-5-3-4-6-21(18)30-22/h3-6,9,11-14,17,30H,7-8,10H2,1-2H3,(H,29,31,32). The summed E-state index contributed by atoms with van der Waals surface area (Å²) in [7, 11) is 0. The number of halogens is 1. The Morgan fingerprint density at radius 2 is 2.03 bits per heavy atom. The third-order valence-electron chi connectivity index (χ3n) is 6.41. The van der Waals surface area contributed by atoms with Crippen molar-refractivity contribution in [1.82, 2.24) is 29.5 Å². The zero-order valence-electron chi connectivity index (χ0n) is 18.5. The van der Waals surface area contributed by atoms with Crippen LogP contribution in [-0.2, 0) is 12.8 Å². The highest BCUT2D eigenvalue weighted by atomic mass is 19.1. The number of aryl methyl sites for hydroxylation is 1. The predicted octanol–water partition coefficient (Wildman–Crippen LogP) is 4.90. The van der Waals surface area contributed by atoms with Crippen molar-refractivity contribution in [3.63, 3.8) is 0 Å². The smallest absolute Gasteiger partial charge is 0.228 e. The Morgan fingerprint density at radius 1 is 1.15 bits per heavy atom. The van der Waals surface area contributed by atoms with E-state index in [0.29, 0.717) is 17.3 Å². The molecule has 0 radical (unpaired) electrons. The van der Waals surface area contributed by atoms with E-state index in [1.54, 1.807) is 10.7 Å². The van der Waals surface area contributed by atoms with E-state index < -0.39 is 5.82 Å². The minimum absolute atomic E-state index is 0.194. The van der Waals surface area contributed by atoms with Crippen LogP contribution in [0.4, 0.5) is 10.3 Å². The SMILES string of the molecule is CC(C)c1cnn2c(NC3CCc4[nH]c5ccccc5c4C3)nc(-c3cncc(F)c3)nc12. The number of H-pyrrole nitrogens is 1. The van der Waals surface area contributed by atoms with Gasteiger partial charge in [-0.2, -0.15) is 14.6 Å². The molecule has 166 valence electrons. The second-order valence-electron chi connectivity index (χ2n) is 8.96. The van der Waals surface area contributed by atoms with Gasteiger partial charge in [0.2, 0.25) is 5.95 Å². The van der Waals surface area contributed by atoms with Crippen LogP contribution in [0, 0.1) is 5.82 Å². The van der Waals surface area contributed by atoms with Crippen LogP contribution in [0.1, 0.15) is 43.0 Å². The lowest BCUT2D eigenvalue weighted by molar-refractivity contribution is 0.599. The highest BCUT2D eigenvalue weighted by Gasteiger charge is 2.24. The molecule has 0 aliphatic heterocycles. The second-order valence-corrected chi connectivity index (χ2v) is 8.96. The highest BCUT2D eigenvalue weighted by molar-refractivity contribution is 5.85. The fourth-order valence-electron chi connectivity index (χ4n) is 4.73. The molecule has 1 aliphatic rings. The van der Waals surface area contributed by atoms with E-state index in [-0.39, 0.29) is 12.0 Å². The van der Waals surface area contributed by atoms with Gasteiger partial charge < -0.3 is 10.3 Å². The maximum absolute atomic E-state index is 13.9. The molecule has 5 aromatic rings. The summed E-state index contributed by atoms with van der Waals surface area (Å²) in [6.45, 7) is 4.21. The van der Waals surface area contributed by atoms with Crippen molar-refractivity contribution in [3.05, 3.63) is 71.6 Å². The fraction of sp³-hybridized carbons (Fsp3) is 0.280. The van der Waals surface area contributed by atoms with Crippen LogP contribution in [0.2, 0.25) is 0 Å². The molecular formula is C25H24FN7. The van der Waals surface area contributed by atoms with Crippen LogP contribution < -0.4 is 5.32 Å². The van der Waals surface area contributed by atoms with Crippen LogP contribution in [0.5, 0.6) is 0 Å². The average Bonchev–Trinajstić information content (AvgIpc) is 3.41. The summed E-state index contributed by atoms with van der Waals surface area (Å²) in [5.74, 6) is 0.872. The minimum Gasteiger partial charge on any atom is -0.358 e. The zero-order chi connectivity index (χ0) is 22.5. The Labute approximate surface area is 190 Å². The summed E-state index contributed by atoms with van der Waals surface area (Å²) < 4.78 is 15.6. The summed E-state index contributed by atoms with van der Waals surface area (Å²) in [4.78, 5) is 17.0. The Bertz CT molecular complexity index is 1480. The first kappa shape index (κ1) is 19.8. The Balaban J connectivity index is 1.41. The number of anilines is 1. The number of benzene rings is 1. The normalized spacial score (nSPS) is 15.9. The first-order valence-corrected chi connectivity index (χ1v) is 11.3. The van der Waals surface area contributed by atoms with Gasteiger partial charge in [-0.15, -0.1) is 0 Å². The quantitative estimate of drug-likeness (QED) is 0.414. The number of aromatic amines is 1.